The molecule has 4 aromatic rings. The molecule has 1 atom stereocenters. The molecule has 2 aromatic carbocycles. The molecule has 7 heteroatoms. The molecule has 0 spiro atoms. The third-order valence-electron chi connectivity index (χ3n) is 7.06. The summed E-state index contributed by atoms with van der Waals surface area (Å²) in [5.74, 6) is 2.56. The molecule has 0 unspecified atom stereocenters. The van der Waals surface area contributed by atoms with Crippen LogP contribution in [0.15, 0.2) is 54.7 Å². The highest BCUT2D eigenvalue weighted by Crippen LogP contribution is 2.34. The maximum atomic E-state index is 13.1. The van der Waals surface area contributed by atoms with Crippen molar-refractivity contribution in [2.45, 2.75) is 38.3 Å². The number of carbonyl (C=O) groups is 1. The second-order valence-corrected chi connectivity index (χ2v) is 9.76. The third kappa shape index (κ3) is 3.90. The van der Waals surface area contributed by atoms with Gasteiger partial charge in [-0.2, -0.15) is 0 Å². The van der Waals surface area contributed by atoms with Gasteiger partial charge in [0.25, 0.3) is 5.91 Å². The van der Waals surface area contributed by atoms with Crippen molar-refractivity contribution in [3.63, 3.8) is 0 Å². The summed E-state index contributed by atoms with van der Waals surface area (Å²) in [5.41, 5.74) is 10.5. The van der Waals surface area contributed by atoms with Gasteiger partial charge in [-0.05, 0) is 49.8 Å². The van der Waals surface area contributed by atoms with Crippen LogP contribution in [-0.2, 0) is 13.6 Å². The van der Waals surface area contributed by atoms with E-state index >= 15 is 0 Å². The number of hydrogen-bond acceptors (Lipinski definition) is 4. The highest BCUT2D eigenvalue weighted by molar-refractivity contribution is 5.98. The maximum absolute atomic E-state index is 13.1. The van der Waals surface area contributed by atoms with Gasteiger partial charge in [-0.25, -0.2) is 9.97 Å². The standard InChI is InChI=1S/C27H30N6O/c1-31-24-12-11-20(27(34)32-13-5-8-21(28)16-32)14-22(24)29-26(31)23-17-33(15-18-9-10-18)25(30-23)19-6-3-2-4-7-19/h2-4,6-7,11-12,14,17-18,21H,5,8-10,13,15-16,28H2,1H3/t21-/m1/s1. The van der Waals surface area contributed by atoms with Crippen LogP contribution in [0.3, 0.4) is 0 Å². The van der Waals surface area contributed by atoms with Gasteiger partial charge in [-0.15, -0.1) is 0 Å². The molecule has 1 aliphatic heterocycles. The first-order chi connectivity index (χ1) is 16.6. The van der Waals surface area contributed by atoms with E-state index in [1.807, 2.05) is 48.3 Å². The van der Waals surface area contributed by atoms with Gasteiger partial charge in [0.1, 0.15) is 11.5 Å². The van der Waals surface area contributed by atoms with Gasteiger partial charge in [0.2, 0.25) is 0 Å². The molecule has 6 rings (SSSR count). The van der Waals surface area contributed by atoms with Crippen LogP contribution in [0.4, 0.5) is 0 Å². The molecule has 2 N–H and O–H groups in total. The number of nitrogens with two attached hydrogens (primary N) is 1. The van der Waals surface area contributed by atoms with E-state index in [2.05, 4.69) is 27.5 Å². The van der Waals surface area contributed by atoms with Gasteiger partial charge in [-0.1, -0.05) is 30.3 Å². The summed E-state index contributed by atoms with van der Waals surface area (Å²) in [4.78, 5) is 24.9. The van der Waals surface area contributed by atoms with Crippen LogP contribution < -0.4 is 5.73 Å². The van der Waals surface area contributed by atoms with E-state index in [4.69, 9.17) is 15.7 Å². The molecular formula is C27H30N6O. The summed E-state index contributed by atoms with van der Waals surface area (Å²) in [6, 6.07) is 16.2. The summed E-state index contributed by atoms with van der Waals surface area (Å²) in [6.07, 6.45) is 6.63. The van der Waals surface area contributed by atoms with Crippen LogP contribution in [0.2, 0.25) is 0 Å². The predicted molar refractivity (Wildman–Crippen MR) is 133 cm³/mol. The number of fused-ring (bicyclic) bond motifs is 1. The highest BCUT2D eigenvalue weighted by atomic mass is 16.2. The number of likely N-dealkylation sites (tertiary alicyclic amines) is 1. The lowest BCUT2D eigenvalue weighted by molar-refractivity contribution is 0.0709. The van der Waals surface area contributed by atoms with Crippen molar-refractivity contribution < 1.29 is 4.79 Å². The zero-order valence-corrected chi connectivity index (χ0v) is 19.5. The molecule has 7 nitrogen and oxygen atoms in total. The largest absolute Gasteiger partial charge is 0.337 e. The van der Waals surface area contributed by atoms with Crippen LogP contribution in [0.1, 0.15) is 36.0 Å². The Kier molecular flexibility index (Phi) is 5.21. The minimum Gasteiger partial charge on any atom is -0.337 e. The number of nitrogens with zero attached hydrogens (tertiary/aromatic N) is 5. The van der Waals surface area contributed by atoms with Crippen molar-refractivity contribution in [2.24, 2.45) is 18.7 Å². The van der Waals surface area contributed by atoms with E-state index in [9.17, 15) is 4.79 Å². The van der Waals surface area contributed by atoms with Gasteiger partial charge in [-0.3, -0.25) is 4.79 Å². The summed E-state index contributed by atoms with van der Waals surface area (Å²) in [7, 11) is 2.01. The number of hydrogen-bond donors (Lipinski definition) is 1. The Morgan fingerprint density at radius 1 is 1.06 bits per heavy atom. The predicted octanol–water partition coefficient (Wildman–Crippen LogP) is 4.08. The summed E-state index contributed by atoms with van der Waals surface area (Å²) >= 11 is 0. The number of aryl methyl sites for hydroxylation is 1. The lowest BCUT2D eigenvalue weighted by Crippen LogP contribution is -2.45. The smallest absolute Gasteiger partial charge is 0.253 e. The van der Waals surface area contributed by atoms with Crippen LogP contribution in [-0.4, -0.2) is 49.0 Å². The molecular weight excluding hydrogens is 424 g/mol. The van der Waals surface area contributed by atoms with Crippen molar-refractivity contribution in [3.05, 3.63) is 60.3 Å². The van der Waals surface area contributed by atoms with Crippen LogP contribution in [0, 0.1) is 5.92 Å². The molecule has 0 radical (unpaired) electrons. The summed E-state index contributed by atoms with van der Waals surface area (Å²) in [5, 5.41) is 0. The van der Waals surface area contributed by atoms with E-state index in [1.54, 1.807) is 0 Å². The van der Waals surface area contributed by atoms with Gasteiger partial charge in [0.15, 0.2) is 5.82 Å². The third-order valence-corrected chi connectivity index (χ3v) is 7.06. The molecule has 1 saturated heterocycles. The molecule has 174 valence electrons. The van der Waals surface area contributed by atoms with E-state index in [0.29, 0.717) is 12.1 Å². The fraction of sp³-hybridized carbons (Fsp3) is 0.370. The number of imidazole rings is 2. The molecule has 2 aromatic heterocycles. The SMILES string of the molecule is Cn1c(-c2cn(CC3CC3)c(-c3ccccc3)n2)nc2cc(C(=O)N3CCC[C@@H](N)C3)ccc21. The minimum absolute atomic E-state index is 0.0318. The Morgan fingerprint density at radius 2 is 1.88 bits per heavy atom. The quantitative estimate of drug-likeness (QED) is 0.493. The zero-order valence-electron chi connectivity index (χ0n) is 19.5. The lowest BCUT2D eigenvalue weighted by Gasteiger charge is -2.30. The van der Waals surface area contributed by atoms with Crippen LogP contribution in [0.5, 0.6) is 0 Å². The van der Waals surface area contributed by atoms with Crippen LogP contribution >= 0.6 is 0 Å². The van der Waals surface area contributed by atoms with Crippen molar-refractivity contribution in [3.8, 4) is 22.9 Å². The Bertz CT molecular complexity index is 1350. The Morgan fingerprint density at radius 3 is 2.65 bits per heavy atom. The van der Waals surface area contributed by atoms with Gasteiger partial charge in [0.05, 0.1) is 11.0 Å². The first kappa shape index (κ1) is 21.1. The second kappa shape index (κ2) is 8.40. The van der Waals surface area contributed by atoms with Crippen LogP contribution in [0.25, 0.3) is 33.9 Å². The molecule has 1 amide bonds. The second-order valence-electron chi connectivity index (χ2n) is 9.76. The normalized spacial score (nSPS) is 18.5. The fourth-order valence-electron chi connectivity index (χ4n) is 5.00. The average Bonchev–Trinajstić information content (AvgIpc) is 3.49. The number of rotatable bonds is 5. The average molecular weight is 455 g/mol. The summed E-state index contributed by atoms with van der Waals surface area (Å²) in [6.45, 7) is 2.36. The molecule has 2 aliphatic rings. The molecule has 1 saturated carbocycles. The number of benzene rings is 2. The van der Waals surface area contributed by atoms with E-state index < -0.39 is 0 Å². The molecule has 2 fully saturated rings. The van der Waals surface area contributed by atoms with Crippen molar-refractivity contribution in [1.29, 1.82) is 0 Å². The highest BCUT2D eigenvalue weighted by Gasteiger charge is 2.26. The van der Waals surface area contributed by atoms with E-state index in [-0.39, 0.29) is 11.9 Å². The Labute approximate surface area is 199 Å². The molecule has 3 heterocycles. The Hall–Kier alpha value is -3.45. The van der Waals surface area contributed by atoms with Gasteiger partial charge >= 0.3 is 0 Å². The molecule has 0 bridgehead atoms. The van der Waals surface area contributed by atoms with Crippen molar-refractivity contribution in [1.82, 2.24) is 24.0 Å². The van der Waals surface area contributed by atoms with Gasteiger partial charge in [0, 0.05) is 50.0 Å². The number of carbonyl (C=O) groups excluding carboxylic acids is 1. The number of piperidine rings is 1. The maximum Gasteiger partial charge on any atom is 0.253 e. The minimum atomic E-state index is 0.0318. The molecule has 34 heavy (non-hydrogen) atoms. The number of aromatic nitrogens is 4. The number of amides is 1. The molecule has 1 aliphatic carbocycles. The van der Waals surface area contributed by atoms with E-state index in [0.717, 1.165) is 65.8 Å². The summed E-state index contributed by atoms with van der Waals surface area (Å²) < 4.78 is 4.34. The zero-order chi connectivity index (χ0) is 23.2. The topological polar surface area (TPSA) is 82.0 Å². The lowest BCUT2D eigenvalue weighted by atomic mass is 10.1. The monoisotopic (exact) mass is 454 g/mol. The Balaban J connectivity index is 1.36. The van der Waals surface area contributed by atoms with E-state index in [1.165, 1.54) is 12.8 Å². The van der Waals surface area contributed by atoms with Gasteiger partial charge < -0.3 is 19.8 Å². The van der Waals surface area contributed by atoms with Crippen molar-refractivity contribution in [2.75, 3.05) is 13.1 Å². The van der Waals surface area contributed by atoms with Crippen molar-refractivity contribution >= 4 is 16.9 Å². The first-order valence-corrected chi connectivity index (χ1v) is 12.2. The fourth-order valence-corrected chi connectivity index (χ4v) is 5.00. The first-order valence-electron chi connectivity index (χ1n) is 12.2.